The van der Waals surface area contributed by atoms with Gasteiger partial charge in [-0.3, -0.25) is 4.98 Å². The molecule has 2 aromatic carbocycles. The van der Waals surface area contributed by atoms with E-state index in [4.69, 9.17) is 4.74 Å². The van der Waals surface area contributed by atoms with Gasteiger partial charge in [0.25, 0.3) is 0 Å². The normalized spacial score (nSPS) is 18.8. The number of aromatic nitrogens is 1. The lowest BCUT2D eigenvalue weighted by Gasteiger charge is -2.36. The van der Waals surface area contributed by atoms with Crippen molar-refractivity contribution in [1.29, 1.82) is 0 Å². The van der Waals surface area contributed by atoms with Gasteiger partial charge in [0.1, 0.15) is 6.61 Å². The number of hydrogen-bond acceptors (Lipinski definition) is 4. The molecule has 5 nitrogen and oxygen atoms in total. The fourth-order valence-electron chi connectivity index (χ4n) is 3.19. The number of amides is 1. The molecule has 4 rings (SSSR count). The molecule has 2 N–H and O–H groups in total. The minimum atomic E-state index is -0.353. The predicted octanol–water partition coefficient (Wildman–Crippen LogP) is 4.10. The van der Waals surface area contributed by atoms with E-state index < -0.39 is 0 Å². The lowest BCUT2D eigenvalue weighted by atomic mass is 9.86. The fraction of sp³-hybridized carbons (Fsp3) is 0.238. The summed E-state index contributed by atoms with van der Waals surface area (Å²) in [6.07, 6.45) is 3.24. The Bertz CT molecular complexity index is 892. The van der Waals surface area contributed by atoms with Gasteiger partial charge >= 0.3 is 6.09 Å². The Morgan fingerprint density at radius 2 is 1.88 bits per heavy atom. The van der Waals surface area contributed by atoms with Gasteiger partial charge in [-0.1, -0.05) is 36.4 Å². The first-order chi connectivity index (χ1) is 12.8. The van der Waals surface area contributed by atoms with Crippen LogP contribution in [0.15, 0.2) is 66.9 Å². The molecule has 0 spiro atoms. The number of anilines is 1. The summed E-state index contributed by atoms with van der Waals surface area (Å²) < 4.78 is 5.26. The van der Waals surface area contributed by atoms with E-state index in [0.717, 1.165) is 35.0 Å². The van der Waals surface area contributed by atoms with Gasteiger partial charge in [-0.05, 0) is 42.7 Å². The number of nitrogens with zero attached hydrogens (tertiary/aromatic N) is 1. The van der Waals surface area contributed by atoms with Gasteiger partial charge in [-0.25, -0.2) is 4.79 Å². The van der Waals surface area contributed by atoms with Crippen LogP contribution in [-0.2, 0) is 11.3 Å². The Hall–Kier alpha value is -3.08. The van der Waals surface area contributed by atoms with Crippen LogP contribution in [0, 0.1) is 0 Å². The highest BCUT2D eigenvalue weighted by atomic mass is 16.5. The van der Waals surface area contributed by atoms with Crippen LogP contribution in [0.5, 0.6) is 0 Å². The molecule has 1 amide bonds. The lowest BCUT2D eigenvalue weighted by Crippen LogP contribution is -2.49. The molecule has 0 radical (unpaired) electrons. The van der Waals surface area contributed by atoms with Crippen molar-refractivity contribution in [2.45, 2.75) is 31.5 Å². The van der Waals surface area contributed by atoms with Crippen LogP contribution in [0.3, 0.4) is 0 Å². The molecule has 1 fully saturated rings. The Morgan fingerprint density at radius 3 is 2.73 bits per heavy atom. The summed E-state index contributed by atoms with van der Waals surface area (Å²) in [4.78, 5) is 16.2. The molecule has 0 bridgehead atoms. The van der Waals surface area contributed by atoms with Crippen molar-refractivity contribution in [2.24, 2.45) is 0 Å². The molecule has 26 heavy (non-hydrogen) atoms. The molecule has 1 heterocycles. The molecular formula is C21H21N3O2. The molecule has 1 aliphatic rings. The van der Waals surface area contributed by atoms with Crippen molar-refractivity contribution in [3.05, 3.63) is 72.4 Å². The maximum Gasteiger partial charge on any atom is 0.407 e. The van der Waals surface area contributed by atoms with Crippen LogP contribution in [0.1, 0.15) is 18.4 Å². The van der Waals surface area contributed by atoms with Crippen molar-refractivity contribution in [2.75, 3.05) is 5.32 Å². The minimum Gasteiger partial charge on any atom is -0.445 e. The van der Waals surface area contributed by atoms with Gasteiger partial charge in [0, 0.05) is 29.4 Å². The molecule has 0 unspecified atom stereocenters. The number of ether oxygens (including phenoxy) is 1. The molecule has 1 aromatic heterocycles. The van der Waals surface area contributed by atoms with Gasteiger partial charge < -0.3 is 15.4 Å². The molecule has 0 atom stereocenters. The number of benzene rings is 2. The van der Waals surface area contributed by atoms with Crippen LogP contribution in [0.2, 0.25) is 0 Å². The summed E-state index contributed by atoms with van der Waals surface area (Å²) in [5.41, 5.74) is 3.06. The molecule has 1 aliphatic carbocycles. The number of pyridine rings is 1. The Balaban J connectivity index is 1.21. The molecule has 132 valence electrons. The van der Waals surface area contributed by atoms with E-state index in [-0.39, 0.29) is 12.1 Å². The largest absolute Gasteiger partial charge is 0.445 e. The van der Waals surface area contributed by atoms with Crippen LogP contribution in [0.25, 0.3) is 10.9 Å². The first-order valence-electron chi connectivity index (χ1n) is 8.85. The van der Waals surface area contributed by atoms with Crippen LogP contribution in [-0.4, -0.2) is 23.2 Å². The standard InChI is InChI=1S/C21H21N3O2/c25-21(26-14-15-5-2-1-3-6-15)24-19-12-18(13-19)23-17-8-9-20-16(11-17)7-4-10-22-20/h1-11,18-19,23H,12-14H2,(H,24,25). The van der Waals surface area contributed by atoms with Gasteiger partial charge in [0.2, 0.25) is 0 Å². The van der Waals surface area contributed by atoms with Gasteiger partial charge in [0.05, 0.1) is 5.52 Å². The number of carbonyl (C=O) groups excluding carboxylic acids is 1. The molecular weight excluding hydrogens is 326 g/mol. The maximum atomic E-state index is 11.9. The van der Waals surface area contributed by atoms with Gasteiger partial charge in [-0.15, -0.1) is 0 Å². The van der Waals surface area contributed by atoms with Crippen LogP contribution in [0.4, 0.5) is 10.5 Å². The maximum absolute atomic E-state index is 11.9. The zero-order chi connectivity index (χ0) is 17.8. The molecule has 3 aromatic rings. The number of rotatable bonds is 5. The summed E-state index contributed by atoms with van der Waals surface area (Å²) in [5, 5.41) is 7.55. The van der Waals surface area contributed by atoms with Gasteiger partial charge in [0.15, 0.2) is 0 Å². The SMILES string of the molecule is O=C(NC1CC(Nc2ccc3ncccc3c2)C1)OCc1ccccc1. The second-order valence-electron chi connectivity index (χ2n) is 6.63. The van der Waals surface area contributed by atoms with E-state index in [2.05, 4.69) is 27.8 Å². The Morgan fingerprint density at radius 1 is 1.04 bits per heavy atom. The van der Waals surface area contributed by atoms with E-state index in [1.54, 1.807) is 6.20 Å². The van der Waals surface area contributed by atoms with Crippen molar-refractivity contribution >= 4 is 22.7 Å². The zero-order valence-electron chi connectivity index (χ0n) is 14.4. The topological polar surface area (TPSA) is 63.2 Å². The van der Waals surface area contributed by atoms with Crippen molar-refractivity contribution in [3.63, 3.8) is 0 Å². The van der Waals surface area contributed by atoms with E-state index in [1.165, 1.54) is 0 Å². The molecule has 0 aliphatic heterocycles. The summed E-state index contributed by atoms with van der Waals surface area (Å²) in [5.74, 6) is 0. The molecule has 5 heteroatoms. The van der Waals surface area contributed by atoms with E-state index in [0.29, 0.717) is 12.6 Å². The van der Waals surface area contributed by atoms with Crippen molar-refractivity contribution < 1.29 is 9.53 Å². The third kappa shape index (κ3) is 3.94. The predicted molar refractivity (Wildman–Crippen MR) is 102 cm³/mol. The van der Waals surface area contributed by atoms with Crippen LogP contribution < -0.4 is 10.6 Å². The number of alkyl carbamates (subject to hydrolysis) is 1. The second kappa shape index (κ2) is 7.44. The number of carbonyl (C=O) groups is 1. The molecule has 0 saturated heterocycles. The first kappa shape index (κ1) is 16.4. The average Bonchev–Trinajstić information content (AvgIpc) is 2.65. The number of nitrogens with one attached hydrogen (secondary N) is 2. The third-order valence-electron chi connectivity index (χ3n) is 4.65. The minimum absolute atomic E-state index is 0.165. The number of fused-ring (bicyclic) bond motifs is 1. The van der Waals surface area contributed by atoms with Crippen molar-refractivity contribution in [3.8, 4) is 0 Å². The van der Waals surface area contributed by atoms with E-state index >= 15 is 0 Å². The highest BCUT2D eigenvalue weighted by Crippen LogP contribution is 2.26. The van der Waals surface area contributed by atoms with E-state index in [1.807, 2.05) is 48.5 Å². The van der Waals surface area contributed by atoms with Crippen LogP contribution >= 0.6 is 0 Å². The van der Waals surface area contributed by atoms with E-state index in [9.17, 15) is 4.79 Å². The highest BCUT2D eigenvalue weighted by Gasteiger charge is 2.30. The lowest BCUT2D eigenvalue weighted by molar-refractivity contribution is 0.129. The highest BCUT2D eigenvalue weighted by molar-refractivity contribution is 5.82. The monoisotopic (exact) mass is 347 g/mol. The smallest absolute Gasteiger partial charge is 0.407 e. The fourth-order valence-corrected chi connectivity index (χ4v) is 3.19. The first-order valence-corrected chi connectivity index (χ1v) is 8.85. The zero-order valence-corrected chi connectivity index (χ0v) is 14.4. The summed E-state index contributed by atoms with van der Waals surface area (Å²) in [6.45, 7) is 0.298. The quantitative estimate of drug-likeness (QED) is 0.729. The van der Waals surface area contributed by atoms with Crippen molar-refractivity contribution in [1.82, 2.24) is 10.3 Å². The summed E-state index contributed by atoms with van der Waals surface area (Å²) in [6, 6.07) is 20.4. The van der Waals surface area contributed by atoms with Gasteiger partial charge in [-0.2, -0.15) is 0 Å². The summed E-state index contributed by atoms with van der Waals surface area (Å²) >= 11 is 0. The number of hydrogen-bond donors (Lipinski definition) is 2. The third-order valence-corrected chi connectivity index (χ3v) is 4.65. The Labute approximate surface area is 152 Å². The molecule has 1 saturated carbocycles. The second-order valence-corrected chi connectivity index (χ2v) is 6.63. The summed E-state index contributed by atoms with van der Waals surface area (Å²) in [7, 11) is 0. The average molecular weight is 347 g/mol. The Kier molecular flexibility index (Phi) is 4.69.